The maximum atomic E-state index is 6.02. The van der Waals surface area contributed by atoms with Crippen molar-refractivity contribution in [2.45, 2.75) is 38.8 Å². The molecular weight excluding hydrogens is 328 g/mol. The van der Waals surface area contributed by atoms with Gasteiger partial charge in [-0.2, -0.15) is 0 Å². The molecule has 0 N–H and O–H groups in total. The second-order valence-corrected chi connectivity index (χ2v) is 7.92. The zero-order valence-electron chi connectivity index (χ0n) is 13.0. The van der Waals surface area contributed by atoms with Crippen LogP contribution in [-0.4, -0.2) is 33.7 Å². The molecule has 0 saturated carbocycles. The maximum absolute atomic E-state index is 6.02. The minimum Gasteiger partial charge on any atom is -0.293 e. The van der Waals surface area contributed by atoms with Gasteiger partial charge in [0.05, 0.1) is 15.7 Å². The van der Waals surface area contributed by atoms with Gasteiger partial charge < -0.3 is 0 Å². The van der Waals surface area contributed by atoms with E-state index in [1.807, 2.05) is 12.3 Å². The summed E-state index contributed by atoms with van der Waals surface area (Å²) in [6, 6.07) is 4.09. The monoisotopic (exact) mass is 346 g/mol. The van der Waals surface area contributed by atoms with Crippen LogP contribution in [-0.2, 0) is 19.5 Å². The Kier molecular flexibility index (Phi) is 4.42. The molecule has 0 saturated heterocycles. The number of hydrogen-bond donors (Lipinski definition) is 0. The summed E-state index contributed by atoms with van der Waals surface area (Å²) in [4.78, 5) is 17.7. The van der Waals surface area contributed by atoms with Crippen LogP contribution < -0.4 is 0 Å². The van der Waals surface area contributed by atoms with E-state index in [-0.39, 0.29) is 0 Å². The maximum Gasteiger partial charge on any atom is 0.173 e. The van der Waals surface area contributed by atoms with Crippen LogP contribution in [0.1, 0.15) is 41.2 Å². The first-order chi connectivity index (χ1) is 11.3. The van der Waals surface area contributed by atoms with Crippen molar-refractivity contribution in [1.82, 2.24) is 14.9 Å². The molecule has 2 aliphatic rings. The first kappa shape index (κ1) is 15.2. The smallest absolute Gasteiger partial charge is 0.173 e. The van der Waals surface area contributed by atoms with Gasteiger partial charge >= 0.3 is 0 Å². The fraction of sp³-hybridized carbons (Fsp3) is 0.471. The van der Waals surface area contributed by atoms with Crippen LogP contribution in [0.25, 0.3) is 0 Å². The predicted octanol–water partition coefficient (Wildman–Crippen LogP) is 3.72. The van der Waals surface area contributed by atoms with Gasteiger partial charge in [-0.05, 0) is 31.4 Å². The Balaban J connectivity index is 1.48. The molecule has 0 bridgehead atoms. The molecule has 2 aliphatic heterocycles. The van der Waals surface area contributed by atoms with Crippen molar-refractivity contribution in [1.29, 1.82) is 0 Å². The van der Waals surface area contributed by atoms with Crippen LogP contribution in [0, 0.1) is 0 Å². The quantitative estimate of drug-likeness (QED) is 0.850. The van der Waals surface area contributed by atoms with E-state index in [0.29, 0.717) is 0 Å². The lowest BCUT2D eigenvalue weighted by molar-refractivity contribution is 0.245. The fourth-order valence-electron chi connectivity index (χ4n) is 3.19. The lowest BCUT2D eigenvalue weighted by atomic mass is 10.1. The van der Waals surface area contributed by atoms with E-state index in [2.05, 4.69) is 20.9 Å². The second kappa shape index (κ2) is 6.67. The van der Waals surface area contributed by atoms with E-state index < -0.39 is 0 Å². The zero-order chi connectivity index (χ0) is 15.6. The van der Waals surface area contributed by atoms with Crippen molar-refractivity contribution in [2.24, 2.45) is 4.99 Å². The van der Waals surface area contributed by atoms with Gasteiger partial charge in [-0.25, -0.2) is 9.97 Å². The van der Waals surface area contributed by atoms with Gasteiger partial charge in [0.15, 0.2) is 5.82 Å². The molecule has 0 spiro atoms. The highest BCUT2D eigenvalue weighted by Gasteiger charge is 2.20. The Morgan fingerprint density at radius 3 is 2.96 bits per heavy atom. The molecule has 6 heteroatoms. The summed E-state index contributed by atoms with van der Waals surface area (Å²) in [5.41, 5.74) is 3.54. The van der Waals surface area contributed by atoms with Gasteiger partial charge in [0.2, 0.25) is 0 Å². The van der Waals surface area contributed by atoms with Gasteiger partial charge in [-0.1, -0.05) is 11.6 Å². The Morgan fingerprint density at radius 1 is 1.22 bits per heavy atom. The molecule has 0 radical (unpaired) electrons. The van der Waals surface area contributed by atoms with Crippen molar-refractivity contribution in [3.63, 3.8) is 0 Å². The molecule has 0 unspecified atom stereocenters. The van der Waals surface area contributed by atoms with Crippen LogP contribution in [0.3, 0.4) is 0 Å². The zero-order valence-corrected chi connectivity index (χ0v) is 14.5. The van der Waals surface area contributed by atoms with E-state index in [0.717, 1.165) is 54.9 Å². The molecule has 0 aromatic carbocycles. The second-order valence-electron chi connectivity index (χ2n) is 6.12. The van der Waals surface area contributed by atoms with Gasteiger partial charge in [-0.3, -0.25) is 9.89 Å². The Labute approximate surface area is 145 Å². The third kappa shape index (κ3) is 3.47. The van der Waals surface area contributed by atoms with Crippen LogP contribution in [0.4, 0.5) is 0 Å². The van der Waals surface area contributed by atoms with Crippen LogP contribution in [0.15, 0.2) is 23.3 Å². The number of aliphatic imine (C=N–C) groups is 1. The third-order valence-electron chi connectivity index (χ3n) is 4.40. The van der Waals surface area contributed by atoms with Crippen molar-refractivity contribution < 1.29 is 0 Å². The molecule has 0 aliphatic carbocycles. The molecule has 4 rings (SSSR count). The van der Waals surface area contributed by atoms with Crippen molar-refractivity contribution in [3.05, 3.63) is 44.6 Å². The first-order valence-electron chi connectivity index (χ1n) is 8.13. The number of aromatic nitrogens is 2. The van der Waals surface area contributed by atoms with Crippen molar-refractivity contribution in [3.8, 4) is 0 Å². The lowest BCUT2D eigenvalue weighted by Crippen LogP contribution is -2.31. The normalized spacial score (nSPS) is 18.6. The van der Waals surface area contributed by atoms with Gasteiger partial charge in [-0.15, -0.1) is 11.3 Å². The number of halogens is 1. The van der Waals surface area contributed by atoms with Crippen molar-refractivity contribution in [2.75, 3.05) is 13.1 Å². The highest BCUT2D eigenvalue weighted by atomic mass is 35.5. The molecule has 0 atom stereocenters. The number of thiophene rings is 1. The Morgan fingerprint density at radius 2 is 2.17 bits per heavy atom. The van der Waals surface area contributed by atoms with E-state index in [1.54, 1.807) is 11.3 Å². The lowest BCUT2D eigenvalue weighted by Gasteiger charge is -2.27. The molecule has 0 amide bonds. The number of fused-ring (bicyclic) bond motifs is 1. The van der Waals surface area contributed by atoms with Gasteiger partial charge in [0.1, 0.15) is 0 Å². The summed E-state index contributed by atoms with van der Waals surface area (Å²) in [5, 5.41) is 0. The first-order valence-corrected chi connectivity index (χ1v) is 9.32. The summed E-state index contributed by atoms with van der Waals surface area (Å²) >= 11 is 7.68. The standard InChI is InChI=1S/C17H19ClN4S/c18-16-5-4-13(23-16)11-22-8-6-14-12(10-22)9-20-17(21-14)15-3-1-2-7-19-15/h4-5,9H,1-3,6-8,10-11H2. The highest BCUT2D eigenvalue weighted by Crippen LogP contribution is 2.25. The molecule has 0 fully saturated rings. The Bertz CT molecular complexity index is 740. The molecule has 2 aromatic heterocycles. The summed E-state index contributed by atoms with van der Waals surface area (Å²) in [5.74, 6) is 0.849. The molecule has 4 nitrogen and oxygen atoms in total. The van der Waals surface area contributed by atoms with Gasteiger partial charge in [0, 0.05) is 49.2 Å². The average molecular weight is 347 g/mol. The number of hydrogen-bond acceptors (Lipinski definition) is 5. The van der Waals surface area contributed by atoms with E-state index in [9.17, 15) is 0 Å². The number of nitrogens with zero attached hydrogens (tertiary/aromatic N) is 4. The summed E-state index contributed by atoms with van der Waals surface area (Å²) < 4.78 is 0.860. The largest absolute Gasteiger partial charge is 0.293 e. The summed E-state index contributed by atoms with van der Waals surface area (Å²) in [6.45, 7) is 3.82. The average Bonchev–Trinajstić information content (AvgIpc) is 3.00. The van der Waals surface area contributed by atoms with Crippen LogP contribution in [0.2, 0.25) is 4.34 Å². The van der Waals surface area contributed by atoms with Crippen LogP contribution >= 0.6 is 22.9 Å². The minimum atomic E-state index is 0.849. The van der Waals surface area contributed by atoms with E-state index in [1.165, 1.54) is 29.0 Å². The van der Waals surface area contributed by atoms with Crippen LogP contribution in [0.5, 0.6) is 0 Å². The summed E-state index contributed by atoms with van der Waals surface area (Å²) in [7, 11) is 0. The molecule has 2 aromatic rings. The minimum absolute atomic E-state index is 0.849. The molecule has 120 valence electrons. The van der Waals surface area contributed by atoms with Crippen molar-refractivity contribution >= 4 is 28.6 Å². The SMILES string of the molecule is Clc1ccc(CN2CCc3nc(C4=NCCCC4)ncc3C2)s1. The topological polar surface area (TPSA) is 41.4 Å². The highest BCUT2D eigenvalue weighted by molar-refractivity contribution is 7.16. The predicted molar refractivity (Wildman–Crippen MR) is 94.4 cm³/mol. The third-order valence-corrected chi connectivity index (χ3v) is 5.62. The fourth-order valence-corrected chi connectivity index (χ4v) is 4.32. The van der Waals surface area contributed by atoms with E-state index in [4.69, 9.17) is 16.6 Å². The molecule has 23 heavy (non-hydrogen) atoms. The Hall–Kier alpha value is -1.30. The molecular formula is C17H19ClN4S. The van der Waals surface area contributed by atoms with E-state index >= 15 is 0 Å². The van der Waals surface area contributed by atoms with Gasteiger partial charge in [0.25, 0.3) is 0 Å². The number of rotatable bonds is 3. The summed E-state index contributed by atoms with van der Waals surface area (Å²) in [6.07, 6.45) is 6.40. The molecule has 4 heterocycles.